The molecule has 3 rings (SSSR count). The number of anilines is 1. The van der Waals surface area contributed by atoms with Gasteiger partial charge in [0.2, 0.25) is 0 Å². The van der Waals surface area contributed by atoms with Gasteiger partial charge in [0, 0.05) is 18.8 Å². The zero-order chi connectivity index (χ0) is 17.6. The van der Waals surface area contributed by atoms with E-state index in [2.05, 4.69) is 78.7 Å². The Bertz CT molecular complexity index is 671. The lowest BCUT2D eigenvalue weighted by atomic mass is 9.90. The van der Waals surface area contributed by atoms with Gasteiger partial charge < -0.3 is 10.2 Å². The third-order valence-corrected chi connectivity index (χ3v) is 5.46. The van der Waals surface area contributed by atoms with Crippen LogP contribution < -0.4 is 5.32 Å². The fourth-order valence-electron chi connectivity index (χ4n) is 3.44. The van der Waals surface area contributed by atoms with Gasteiger partial charge in [-0.15, -0.1) is 0 Å². The number of benzene rings is 2. The van der Waals surface area contributed by atoms with Crippen LogP contribution in [-0.4, -0.2) is 23.1 Å². The number of rotatable bonds is 4. The lowest BCUT2D eigenvalue weighted by Crippen LogP contribution is -2.41. The molecule has 1 aliphatic rings. The highest BCUT2D eigenvalue weighted by Crippen LogP contribution is 2.23. The van der Waals surface area contributed by atoms with E-state index in [1.165, 1.54) is 30.4 Å². The second kappa shape index (κ2) is 8.48. The Morgan fingerprint density at radius 3 is 2.28 bits per heavy atom. The Balaban J connectivity index is 1.48. The molecule has 0 atom stereocenters. The van der Waals surface area contributed by atoms with Crippen molar-refractivity contribution in [2.75, 3.05) is 18.4 Å². The van der Waals surface area contributed by atoms with Gasteiger partial charge in [-0.1, -0.05) is 56.3 Å². The van der Waals surface area contributed by atoms with Crippen LogP contribution in [0.4, 0.5) is 5.69 Å². The molecule has 2 aromatic rings. The second-order valence-corrected chi connectivity index (χ2v) is 7.71. The molecule has 25 heavy (non-hydrogen) atoms. The Hall–Kier alpha value is -1.87. The summed E-state index contributed by atoms with van der Waals surface area (Å²) in [6.07, 6.45) is 3.61. The number of hydrogen-bond donors (Lipinski definition) is 1. The van der Waals surface area contributed by atoms with Crippen LogP contribution in [-0.2, 0) is 6.42 Å². The summed E-state index contributed by atoms with van der Waals surface area (Å²) >= 11 is 5.62. The fourth-order valence-corrected chi connectivity index (χ4v) is 3.74. The number of nitrogens with zero attached hydrogens (tertiary/aromatic N) is 1. The molecule has 1 fully saturated rings. The van der Waals surface area contributed by atoms with Gasteiger partial charge in [0.1, 0.15) is 0 Å². The first-order valence-electron chi connectivity index (χ1n) is 9.31. The molecule has 0 radical (unpaired) electrons. The Morgan fingerprint density at radius 1 is 1.04 bits per heavy atom. The van der Waals surface area contributed by atoms with Crippen molar-refractivity contribution in [1.29, 1.82) is 0 Å². The summed E-state index contributed by atoms with van der Waals surface area (Å²) in [5.41, 5.74) is 3.89. The van der Waals surface area contributed by atoms with E-state index >= 15 is 0 Å². The van der Waals surface area contributed by atoms with E-state index in [0.717, 1.165) is 29.8 Å². The minimum atomic E-state index is 0.560. The van der Waals surface area contributed by atoms with Crippen molar-refractivity contribution in [3.63, 3.8) is 0 Å². The molecule has 1 heterocycles. The normalized spacial score (nSPS) is 15.4. The number of thiocarbonyl (C=S) groups is 1. The minimum Gasteiger partial charge on any atom is -0.349 e. The van der Waals surface area contributed by atoms with Crippen molar-refractivity contribution in [3.05, 3.63) is 65.7 Å². The molecule has 0 aliphatic carbocycles. The first-order chi connectivity index (χ1) is 12.1. The predicted octanol–water partition coefficient (Wildman–Crippen LogP) is 5.46. The van der Waals surface area contributed by atoms with Gasteiger partial charge in [-0.05, 0) is 66.6 Å². The van der Waals surface area contributed by atoms with E-state index in [1.807, 2.05) is 0 Å². The highest BCUT2D eigenvalue weighted by Gasteiger charge is 2.21. The molecule has 2 nitrogen and oxygen atoms in total. The molecule has 132 valence electrons. The smallest absolute Gasteiger partial charge is 0.173 e. The van der Waals surface area contributed by atoms with E-state index in [1.54, 1.807) is 0 Å². The second-order valence-electron chi connectivity index (χ2n) is 7.33. The van der Waals surface area contributed by atoms with Crippen LogP contribution in [0.1, 0.15) is 43.7 Å². The molecule has 1 aliphatic heterocycles. The molecule has 0 bridgehead atoms. The van der Waals surface area contributed by atoms with E-state index in [4.69, 9.17) is 12.2 Å². The maximum absolute atomic E-state index is 5.62. The largest absolute Gasteiger partial charge is 0.349 e. The van der Waals surface area contributed by atoms with Gasteiger partial charge in [-0.2, -0.15) is 0 Å². The summed E-state index contributed by atoms with van der Waals surface area (Å²) in [4.78, 5) is 2.31. The average molecular weight is 353 g/mol. The van der Waals surface area contributed by atoms with Crippen LogP contribution in [0.15, 0.2) is 54.6 Å². The van der Waals surface area contributed by atoms with E-state index in [-0.39, 0.29) is 0 Å². The van der Waals surface area contributed by atoms with Crippen molar-refractivity contribution in [1.82, 2.24) is 4.90 Å². The summed E-state index contributed by atoms with van der Waals surface area (Å²) in [6, 6.07) is 19.4. The van der Waals surface area contributed by atoms with E-state index in [9.17, 15) is 0 Å². The minimum absolute atomic E-state index is 0.560. The number of hydrogen-bond acceptors (Lipinski definition) is 1. The third kappa shape index (κ3) is 5.05. The van der Waals surface area contributed by atoms with Gasteiger partial charge in [0.15, 0.2) is 5.11 Å². The van der Waals surface area contributed by atoms with Crippen molar-refractivity contribution >= 4 is 23.0 Å². The number of nitrogens with one attached hydrogen (secondary N) is 1. The Morgan fingerprint density at radius 2 is 1.68 bits per heavy atom. The molecule has 0 aromatic heterocycles. The number of piperidine rings is 1. The molecule has 0 saturated carbocycles. The molecule has 1 N–H and O–H groups in total. The lowest BCUT2D eigenvalue weighted by Gasteiger charge is -2.34. The van der Waals surface area contributed by atoms with Crippen molar-refractivity contribution < 1.29 is 0 Å². The van der Waals surface area contributed by atoms with Gasteiger partial charge >= 0.3 is 0 Å². The third-order valence-electron chi connectivity index (χ3n) is 5.10. The van der Waals surface area contributed by atoms with Gasteiger partial charge in [0.05, 0.1) is 0 Å². The van der Waals surface area contributed by atoms with Crippen molar-refractivity contribution in [2.24, 2.45) is 5.92 Å². The summed E-state index contributed by atoms with van der Waals surface area (Å²) in [6.45, 7) is 6.53. The molecule has 0 unspecified atom stereocenters. The zero-order valence-electron chi connectivity index (χ0n) is 15.2. The summed E-state index contributed by atoms with van der Waals surface area (Å²) in [7, 11) is 0. The fraction of sp³-hybridized carbons (Fsp3) is 0.409. The molecular formula is C22H28N2S. The lowest BCUT2D eigenvalue weighted by molar-refractivity contribution is 0.268. The van der Waals surface area contributed by atoms with Gasteiger partial charge in [-0.25, -0.2) is 0 Å². The summed E-state index contributed by atoms with van der Waals surface area (Å²) in [5.74, 6) is 1.33. The molecular weight excluding hydrogens is 324 g/mol. The first kappa shape index (κ1) is 17.9. The Labute approximate surface area is 157 Å². The monoisotopic (exact) mass is 352 g/mol. The van der Waals surface area contributed by atoms with Crippen LogP contribution in [0.2, 0.25) is 0 Å². The average Bonchev–Trinajstić information content (AvgIpc) is 2.63. The molecule has 3 heteroatoms. The van der Waals surface area contributed by atoms with Gasteiger partial charge in [-0.3, -0.25) is 0 Å². The van der Waals surface area contributed by atoms with E-state index in [0.29, 0.717) is 5.92 Å². The van der Waals surface area contributed by atoms with Crippen LogP contribution in [0.5, 0.6) is 0 Å². The molecule has 0 amide bonds. The maximum atomic E-state index is 5.62. The molecule has 2 aromatic carbocycles. The van der Waals surface area contributed by atoms with Crippen LogP contribution in [0.25, 0.3) is 0 Å². The van der Waals surface area contributed by atoms with E-state index < -0.39 is 0 Å². The first-order valence-corrected chi connectivity index (χ1v) is 9.72. The van der Waals surface area contributed by atoms with Crippen LogP contribution >= 0.6 is 12.2 Å². The standard InChI is InChI=1S/C22H28N2S/c1-17(2)20-8-10-21(11-9-20)23-22(25)24-14-12-19(13-15-24)16-18-6-4-3-5-7-18/h3-11,17,19H,12-16H2,1-2H3,(H,23,25). The van der Waals surface area contributed by atoms with Crippen molar-refractivity contribution in [3.8, 4) is 0 Å². The van der Waals surface area contributed by atoms with Gasteiger partial charge in [0.25, 0.3) is 0 Å². The summed E-state index contributed by atoms with van der Waals surface area (Å²) < 4.78 is 0. The highest BCUT2D eigenvalue weighted by molar-refractivity contribution is 7.80. The van der Waals surface area contributed by atoms with Crippen LogP contribution in [0.3, 0.4) is 0 Å². The summed E-state index contributed by atoms with van der Waals surface area (Å²) in [5, 5.41) is 4.26. The Kier molecular flexibility index (Phi) is 6.09. The quantitative estimate of drug-likeness (QED) is 0.735. The topological polar surface area (TPSA) is 15.3 Å². The predicted molar refractivity (Wildman–Crippen MR) is 111 cm³/mol. The molecule has 1 saturated heterocycles. The highest BCUT2D eigenvalue weighted by atomic mass is 32.1. The van der Waals surface area contributed by atoms with Crippen molar-refractivity contribution in [2.45, 2.75) is 39.0 Å². The SMILES string of the molecule is CC(C)c1ccc(NC(=S)N2CCC(Cc3ccccc3)CC2)cc1. The maximum Gasteiger partial charge on any atom is 0.173 e. The van der Waals surface area contributed by atoms with Crippen LogP contribution in [0, 0.1) is 5.92 Å². The number of likely N-dealkylation sites (tertiary alicyclic amines) is 1. The zero-order valence-corrected chi connectivity index (χ0v) is 16.1. The molecule has 0 spiro atoms.